The summed E-state index contributed by atoms with van der Waals surface area (Å²) < 4.78 is 1.19. The molecule has 1 aliphatic carbocycles. The van der Waals surface area contributed by atoms with Crippen LogP contribution >= 0.6 is 11.3 Å². The summed E-state index contributed by atoms with van der Waals surface area (Å²) in [6.07, 6.45) is 5.72. The fourth-order valence-corrected chi connectivity index (χ4v) is 4.29. The van der Waals surface area contributed by atoms with Gasteiger partial charge in [0.2, 0.25) is 0 Å². The third kappa shape index (κ3) is 2.39. The highest BCUT2D eigenvalue weighted by Crippen LogP contribution is 2.40. The summed E-state index contributed by atoms with van der Waals surface area (Å²) in [5.74, 6) is -0.670. The number of carboxylic acid groups (broad SMARTS) is 1. The second-order valence-electron chi connectivity index (χ2n) is 5.40. The van der Waals surface area contributed by atoms with Crippen molar-refractivity contribution >= 4 is 27.4 Å². The summed E-state index contributed by atoms with van der Waals surface area (Å²) in [7, 11) is 0. The Hall–Kier alpha value is -1.35. The standard InChI is InChI=1S/C16H18O2S/c17-16(18)15(11-6-2-1-3-7-11)13-10-19-14-9-5-4-8-12(13)14/h4-5,8-11,15H,1-3,6-7H2,(H,17,18). The van der Waals surface area contributed by atoms with Crippen LogP contribution in [-0.2, 0) is 4.79 Å². The largest absolute Gasteiger partial charge is 0.481 e. The molecule has 1 unspecified atom stereocenters. The quantitative estimate of drug-likeness (QED) is 0.884. The van der Waals surface area contributed by atoms with E-state index in [1.807, 2.05) is 12.1 Å². The van der Waals surface area contributed by atoms with Gasteiger partial charge in [-0.15, -0.1) is 11.3 Å². The van der Waals surface area contributed by atoms with Crippen LogP contribution in [0, 0.1) is 5.92 Å². The fraction of sp³-hybridized carbons (Fsp3) is 0.438. The minimum atomic E-state index is -0.657. The van der Waals surface area contributed by atoms with Crippen LogP contribution < -0.4 is 0 Å². The number of carbonyl (C=O) groups is 1. The van der Waals surface area contributed by atoms with Gasteiger partial charge in [-0.25, -0.2) is 0 Å². The van der Waals surface area contributed by atoms with Gasteiger partial charge in [-0.05, 0) is 41.2 Å². The number of carboxylic acids is 1. The molecule has 1 fully saturated rings. The number of thiophene rings is 1. The van der Waals surface area contributed by atoms with Gasteiger partial charge in [0, 0.05) is 4.70 Å². The van der Waals surface area contributed by atoms with E-state index < -0.39 is 5.97 Å². The van der Waals surface area contributed by atoms with Crippen LogP contribution in [0.15, 0.2) is 29.6 Å². The molecule has 19 heavy (non-hydrogen) atoms. The molecule has 1 atom stereocenters. The Morgan fingerprint density at radius 1 is 1.21 bits per heavy atom. The van der Waals surface area contributed by atoms with Gasteiger partial charge in [0.15, 0.2) is 0 Å². The first-order valence-corrected chi connectivity index (χ1v) is 7.84. The number of rotatable bonds is 3. The molecule has 1 aliphatic rings. The maximum absolute atomic E-state index is 11.7. The van der Waals surface area contributed by atoms with E-state index in [1.54, 1.807) is 11.3 Å². The molecule has 0 aliphatic heterocycles. The van der Waals surface area contributed by atoms with E-state index >= 15 is 0 Å². The predicted octanol–water partition coefficient (Wildman–Crippen LogP) is 4.65. The SMILES string of the molecule is O=C(O)C(c1csc2ccccc12)C1CCCCC1. The van der Waals surface area contributed by atoms with Gasteiger partial charge < -0.3 is 5.11 Å². The van der Waals surface area contributed by atoms with Gasteiger partial charge in [0.25, 0.3) is 0 Å². The van der Waals surface area contributed by atoms with Crippen molar-refractivity contribution in [1.82, 2.24) is 0 Å². The van der Waals surface area contributed by atoms with Crippen LogP contribution in [0.25, 0.3) is 10.1 Å². The first-order chi connectivity index (χ1) is 9.27. The molecule has 1 heterocycles. The van der Waals surface area contributed by atoms with E-state index in [-0.39, 0.29) is 5.92 Å². The predicted molar refractivity (Wildman–Crippen MR) is 78.8 cm³/mol. The lowest BCUT2D eigenvalue weighted by atomic mass is 9.77. The second kappa shape index (κ2) is 5.33. The Balaban J connectivity index is 2.01. The van der Waals surface area contributed by atoms with E-state index in [1.165, 1.54) is 24.0 Å². The smallest absolute Gasteiger partial charge is 0.311 e. The van der Waals surface area contributed by atoms with Crippen molar-refractivity contribution in [3.63, 3.8) is 0 Å². The molecule has 1 aromatic carbocycles. The monoisotopic (exact) mass is 274 g/mol. The Morgan fingerprint density at radius 2 is 1.95 bits per heavy atom. The zero-order valence-electron chi connectivity index (χ0n) is 10.8. The Kier molecular flexibility index (Phi) is 3.56. The van der Waals surface area contributed by atoms with Crippen molar-refractivity contribution in [1.29, 1.82) is 0 Å². The van der Waals surface area contributed by atoms with Gasteiger partial charge in [-0.3, -0.25) is 4.79 Å². The third-order valence-electron chi connectivity index (χ3n) is 4.23. The molecule has 2 aromatic rings. The topological polar surface area (TPSA) is 37.3 Å². The summed E-state index contributed by atoms with van der Waals surface area (Å²) in [5.41, 5.74) is 1.03. The zero-order valence-corrected chi connectivity index (χ0v) is 11.7. The van der Waals surface area contributed by atoms with Crippen LogP contribution in [0.4, 0.5) is 0 Å². The van der Waals surface area contributed by atoms with E-state index in [0.29, 0.717) is 5.92 Å². The van der Waals surface area contributed by atoms with Gasteiger partial charge >= 0.3 is 5.97 Å². The summed E-state index contributed by atoms with van der Waals surface area (Å²) in [4.78, 5) is 11.7. The van der Waals surface area contributed by atoms with Gasteiger partial charge in [0.05, 0.1) is 5.92 Å². The molecule has 0 saturated heterocycles. The first-order valence-electron chi connectivity index (χ1n) is 6.96. The molecule has 0 amide bonds. The minimum Gasteiger partial charge on any atom is -0.481 e. The van der Waals surface area contributed by atoms with E-state index in [2.05, 4.69) is 17.5 Å². The highest BCUT2D eigenvalue weighted by molar-refractivity contribution is 7.17. The zero-order chi connectivity index (χ0) is 13.2. The second-order valence-corrected chi connectivity index (χ2v) is 6.31. The van der Waals surface area contributed by atoms with Crippen molar-refractivity contribution in [2.45, 2.75) is 38.0 Å². The molecule has 0 radical (unpaired) electrons. The fourth-order valence-electron chi connectivity index (χ4n) is 3.30. The number of hydrogen-bond acceptors (Lipinski definition) is 2. The lowest BCUT2D eigenvalue weighted by Crippen LogP contribution is -2.23. The molecule has 1 saturated carbocycles. The van der Waals surface area contributed by atoms with Gasteiger partial charge in [-0.2, -0.15) is 0 Å². The van der Waals surface area contributed by atoms with E-state index in [9.17, 15) is 9.90 Å². The highest BCUT2D eigenvalue weighted by atomic mass is 32.1. The molecule has 1 aromatic heterocycles. The molecule has 2 nitrogen and oxygen atoms in total. The number of hydrogen-bond donors (Lipinski definition) is 1. The van der Waals surface area contributed by atoms with Crippen molar-refractivity contribution in [3.05, 3.63) is 35.2 Å². The number of aliphatic carboxylic acids is 1. The average molecular weight is 274 g/mol. The summed E-state index contributed by atoms with van der Waals surface area (Å²) in [6.45, 7) is 0. The maximum Gasteiger partial charge on any atom is 0.311 e. The third-order valence-corrected chi connectivity index (χ3v) is 5.21. The van der Waals surface area contributed by atoms with E-state index in [4.69, 9.17) is 0 Å². The molecule has 0 bridgehead atoms. The van der Waals surface area contributed by atoms with Crippen LogP contribution in [0.3, 0.4) is 0 Å². The molecule has 3 heteroatoms. The molecule has 0 spiro atoms. The Labute approximate surface area is 117 Å². The summed E-state index contributed by atoms with van der Waals surface area (Å²) in [6, 6.07) is 8.14. The van der Waals surface area contributed by atoms with Crippen molar-refractivity contribution in [2.24, 2.45) is 5.92 Å². The molecule has 100 valence electrons. The van der Waals surface area contributed by atoms with E-state index in [0.717, 1.165) is 23.8 Å². The van der Waals surface area contributed by atoms with Crippen molar-refractivity contribution in [3.8, 4) is 0 Å². The van der Waals surface area contributed by atoms with Crippen LogP contribution in [-0.4, -0.2) is 11.1 Å². The van der Waals surface area contributed by atoms with Crippen molar-refractivity contribution < 1.29 is 9.90 Å². The van der Waals surface area contributed by atoms with Gasteiger partial charge in [-0.1, -0.05) is 37.5 Å². The van der Waals surface area contributed by atoms with Crippen LogP contribution in [0.1, 0.15) is 43.6 Å². The molecule has 1 N–H and O–H groups in total. The lowest BCUT2D eigenvalue weighted by molar-refractivity contribution is -0.140. The first kappa shape index (κ1) is 12.7. The lowest BCUT2D eigenvalue weighted by Gasteiger charge is -2.27. The van der Waals surface area contributed by atoms with Crippen LogP contribution in [0.2, 0.25) is 0 Å². The number of fused-ring (bicyclic) bond motifs is 1. The normalized spacial score (nSPS) is 18.5. The molecular weight excluding hydrogens is 256 g/mol. The maximum atomic E-state index is 11.7. The average Bonchev–Trinajstić information content (AvgIpc) is 2.84. The Bertz CT molecular complexity index is 581. The molecular formula is C16H18O2S. The van der Waals surface area contributed by atoms with Crippen molar-refractivity contribution in [2.75, 3.05) is 0 Å². The Morgan fingerprint density at radius 3 is 2.68 bits per heavy atom. The van der Waals surface area contributed by atoms with Crippen LogP contribution in [0.5, 0.6) is 0 Å². The summed E-state index contributed by atoms with van der Waals surface area (Å²) >= 11 is 1.66. The number of benzene rings is 1. The highest BCUT2D eigenvalue weighted by Gasteiger charge is 2.32. The minimum absolute atomic E-state index is 0.309. The summed E-state index contributed by atoms with van der Waals surface area (Å²) in [5, 5.41) is 12.8. The molecule has 3 rings (SSSR count). The van der Waals surface area contributed by atoms with Gasteiger partial charge in [0.1, 0.15) is 0 Å².